The van der Waals surface area contributed by atoms with Crippen LogP contribution in [0.1, 0.15) is 150 Å². The highest BCUT2D eigenvalue weighted by atomic mass is 16.5. The molecule has 4 nitrogen and oxygen atoms in total. The number of unbranched alkanes of at least 4 members (excludes halogenated alkanes) is 14. The van der Waals surface area contributed by atoms with Gasteiger partial charge in [-0.15, -0.1) is 0 Å². The topological polar surface area (TPSA) is 52.6 Å². The molecule has 1 atom stereocenters. The van der Waals surface area contributed by atoms with Gasteiger partial charge in [0.05, 0.1) is 19.1 Å². The molecule has 4 heteroatoms. The molecule has 0 fully saturated rings. The molecule has 0 aromatic rings. The second-order valence-corrected chi connectivity index (χ2v) is 11.0. The highest BCUT2D eigenvalue weighted by molar-refractivity contribution is 5.72. The van der Waals surface area contributed by atoms with E-state index < -0.39 is 0 Å². The highest BCUT2D eigenvalue weighted by Crippen LogP contribution is 2.18. The molecule has 1 unspecified atom stereocenters. The van der Waals surface area contributed by atoms with E-state index in [1.807, 2.05) is 0 Å². The second-order valence-electron chi connectivity index (χ2n) is 11.0. The van der Waals surface area contributed by atoms with Crippen LogP contribution >= 0.6 is 0 Å². The number of esters is 2. The third-order valence-electron chi connectivity index (χ3n) is 6.40. The molecule has 0 aliphatic rings. The minimum absolute atomic E-state index is 0.00955. The Morgan fingerprint density at radius 1 is 0.559 bits per heavy atom. The monoisotopic (exact) mass is 482 g/mol. The lowest BCUT2D eigenvalue weighted by molar-refractivity contribution is -0.150. The summed E-state index contributed by atoms with van der Waals surface area (Å²) in [6, 6.07) is 0. The summed E-state index contributed by atoms with van der Waals surface area (Å²) in [4.78, 5) is 23.6. The van der Waals surface area contributed by atoms with Crippen LogP contribution in [0.4, 0.5) is 0 Å². The second kappa shape index (κ2) is 23.7. The Kier molecular flexibility index (Phi) is 22.9. The Hall–Kier alpha value is -1.06. The molecule has 0 aromatic carbocycles. The van der Waals surface area contributed by atoms with Crippen molar-refractivity contribution in [3.8, 4) is 0 Å². The highest BCUT2D eigenvalue weighted by Gasteiger charge is 2.17. The van der Waals surface area contributed by atoms with Crippen molar-refractivity contribution in [2.45, 2.75) is 150 Å². The maximum absolute atomic E-state index is 12.1. The van der Waals surface area contributed by atoms with E-state index in [0.29, 0.717) is 31.5 Å². The van der Waals surface area contributed by atoms with Gasteiger partial charge in [0.2, 0.25) is 0 Å². The van der Waals surface area contributed by atoms with Gasteiger partial charge in [-0.05, 0) is 31.1 Å². The minimum atomic E-state index is -0.0297. The van der Waals surface area contributed by atoms with Gasteiger partial charge in [0, 0.05) is 6.42 Å². The van der Waals surface area contributed by atoms with Crippen molar-refractivity contribution in [1.82, 2.24) is 0 Å². The Bertz CT molecular complexity index is 472. The Balaban J connectivity index is 3.33. The first kappa shape index (κ1) is 32.9. The maximum Gasteiger partial charge on any atom is 0.308 e. The molecule has 0 aromatic heterocycles. The van der Waals surface area contributed by atoms with E-state index in [1.165, 1.54) is 77.0 Å². The Morgan fingerprint density at radius 2 is 0.941 bits per heavy atom. The predicted molar refractivity (Wildman–Crippen MR) is 144 cm³/mol. The molecule has 0 heterocycles. The van der Waals surface area contributed by atoms with E-state index >= 15 is 0 Å². The molecule has 34 heavy (non-hydrogen) atoms. The molecule has 0 rings (SSSR count). The lowest BCUT2D eigenvalue weighted by Gasteiger charge is -2.15. The third-order valence-corrected chi connectivity index (χ3v) is 6.40. The molecular weight excluding hydrogens is 424 g/mol. The summed E-state index contributed by atoms with van der Waals surface area (Å²) in [5, 5.41) is 0. The van der Waals surface area contributed by atoms with Crippen LogP contribution in [-0.4, -0.2) is 25.2 Å². The molecule has 0 aliphatic heterocycles. The first-order valence-corrected chi connectivity index (χ1v) is 14.7. The maximum atomic E-state index is 12.1. The van der Waals surface area contributed by atoms with E-state index in [4.69, 9.17) is 9.47 Å². The van der Waals surface area contributed by atoms with Crippen LogP contribution in [0.2, 0.25) is 0 Å². The molecule has 0 amide bonds. The molecule has 0 saturated carbocycles. The molecule has 0 spiro atoms. The van der Waals surface area contributed by atoms with Crippen molar-refractivity contribution >= 4 is 11.9 Å². The van der Waals surface area contributed by atoms with Gasteiger partial charge in [-0.1, -0.05) is 125 Å². The average Bonchev–Trinajstić information content (AvgIpc) is 2.80. The van der Waals surface area contributed by atoms with Gasteiger partial charge in [-0.2, -0.15) is 0 Å². The average molecular weight is 483 g/mol. The molecule has 202 valence electrons. The molecule has 0 N–H and O–H groups in total. The van der Waals surface area contributed by atoms with Crippen LogP contribution in [0.25, 0.3) is 0 Å². The Morgan fingerprint density at radius 3 is 1.35 bits per heavy atom. The summed E-state index contributed by atoms with van der Waals surface area (Å²) < 4.78 is 10.6. The largest absolute Gasteiger partial charge is 0.465 e. The number of ether oxygens (including phenoxy) is 2. The van der Waals surface area contributed by atoms with Crippen LogP contribution in [0.15, 0.2) is 0 Å². The zero-order chi connectivity index (χ0) is 25.4. The lowest BCUT2D eigenvalue weighted by atomic mass is 9.97. The van der Waals surface area contributed by atoms with Gasteiger partial charge in [0.25, 0.3) is 0 Å². The van der Waals surface area contributed by atoms with Crippen LogP contribution in [0, 0.1) is 17.8 Å². The molecule has 0 aliphatic carbocycles. The van der Waals surface area contributed by atoms with E-state index in [9.17, 15) is 9.59 Å². The standard InChI is InChI=1S/C30H58O4/c1-6-28(30(32)34-25-27(4)5)22-20-18-16-14-12-10-8-7-9-11-13-15-17-19-21-23-29(31)33-24-26(2)3/h26-28H,6-25H2,1-5H3. The van der Waals surface area contributed by atoms with E-state index in [-0.39, 0.29) is 17.9 Å². The summed E-state index contributed by atoms with van der Waals surface area (Å²) >= 11 is 0. The van der Waals surface area contributed by atoms with Crippen LogP contribution in [0.3, 0.4) is 0 Å². The smallest absolute Gasteiger partial charge is 0.308 e. The van der Waals surface area contributed by atoms with Crippen molar-refractivity contribution in [3.63, 3.8) is 0 Å². The van der Waals surface area contributed by atoms with Crippen molar-refractivity contribution in [2.75, 3.05) is 13.2 Å². The normalized spacial score (nSPS) is 12.3. The lowest BCUT2D eigenvalue weighted by Crippen LogP contribution is -2.19. The zero-order valence-electron chi connectivity index (χ0n) is 23.5. The van der Waals surface area contributed by atoms with Gasteiger partial charge in [0.1, 0.15) is 0 Å². The van der Waals surface area contributed by atoms with Crippen LogP contribution in [0.5, 0.6) is 0 Å². The number of carbonyl (C=O) groups is 2. The van der Waals surface area contributed by atoms with E-state index in [0.717, 1.165) is 32.1 Å². The summed E-state index contributed by atoms with van der Waals surface area (Å²) in [6.07, 6.45) is 21.7. The molecule has 0 bridgehead atoms. The van der Waals surface area contributed by atoms with Crippen LogP contribution in [-0.2, 0) is 19.1 Å². The van der Waals surface area contributed by atoms with E-state index in [2.05, 4.69) is 34.6 Å². The zero-order valence-corrected chi connectivity index (χ0v) is 23.5. The fourth-order valence-electron chi connectivity index (χ4n) is 4.15. The van der Waals surface area contributed by atoms with Gasteiger partial charge < -0.3 is 9.47 Å². The van der Waals surface area contributed by atoms with Gasteiger partial charge in [0.15, 0.2) is 0 Å². The van der Waals surface area contributed by atoms with Gasteiger partial charge in [-0.3, -0.25) is 9.59 Å². The first-order chi connectivity index (χ1) is 16.4. The molecular formula is C30H58O4. The van der Waals surface area contributed by atoms with Gasteiger partial charge in [-0.25, -0.2) is 0 Å². The van der Waals surface area contributed by atoms with Crippen molar-refractivity contribution in [2.24, 2.45) is 17.8 Å². The number of hydrogen-bond acceptors (Lipinski definition) is 4. The SMILES string of the molecule is CCC(CCCCCCCCCCCCCCCCCC(=O)OCC(C)C)C(=O)OCC(C)C. The van der Waals surface area contributed by atoms with E-state index in [1.54, 1.807) is 0 Å². The summed E-state index contributed by atoms with van der Waals surface area (Å²) in [5.41, 5.74) is 0. The van der Waals surface area contributed by atoms with Crippen molar-refractivity contribution in [3.05, 3.63) is 0 Å². The minimum Gasteiger partial charge on any atom is -0.465 e. The summed E-state index contributed by atoms with van der Waals surface area (Å²) in [6.45, 7) is 11.5. The fourth-order valence-corrected chi connectivity index (χ4v) is 4.15. The summed E-state index contributed by atoms with van der Waals surface area (Å²) in [5.74, 6) is 0.910. The molecule has 0 radical (unpaired) electrons. The third kappa shape index (κ3) is 22.7. The van der Waals surface area contributed by atoms with Gasteiger partial charge >= 0.3 is 11.9 Å². The Labute approximate surface area is 212 Å². The fraction of sp³-hybridized carbons (Fsp3) is 0.933. The number of hydrogen-bond donors (Lipinski definition) is 0. The summed E-state index contributed by atoms with van der Waals surface area (Å²) in [7, 11) is 0. The van der Waals surface area contributed by atoms with Crippen molar-refractivity contribution < 1.29 is 19.1 Å². The van der Waals surface area contributed by atoms with Crippen LogP contribution < -0.4 is 0 Å². The quantitative estimate of drug-likeness (QED) is 0.102. The predicted octanol–water partition coefficient (Wildman–Crippen LogP) is 9.04. The number of rotatable bonds is 24. The first-order valence-electron chi connectivity index (χ1n) is 14.7. The molecule has 0 saturated heterocycles. The van der Waals surface area contributed by atoms with Crippen molar-refractivity contribution in [1.29, 1.82) is 0 Å². The number of carbonyl (C=O) groups excluding carboxylic acids is 2.